The topological polar surface area (TPSA) is 79.2 Å². The third-order valence-corrected chi connectivity index (χ3v) is 4.45. The molecule has 0 bridgehead atoms. The maximum Gasteiger partial charge on any atom is 0.244 e. The minimum Gasteiger partial charge on any atom is -0.392 e. The Bertz CT molecular complexity index is 952. The van der Waals surface area contributed by atoms with Crippen molar-refractivity contribution >= 4 is 28.6 Å². The van der Waals surface area contributed by atoms with Gasteiger partial charge in [0.2, 0.25) is 11.9 Å². The number of aliphatic hydroxyl groups excluding tert-OH is 1. The summed E-state index contributed by atoms with van der Waals surface area (Å²) in [5.41, 5.74) is 5.80. The molecule has 1 atom stereocenters. The molecule has 3 aromatic rings. The Balaban J connectivity index is 1.87. The first-order valence-corrected chi connectivity index (χ1v) is 9.10. The van der Waals surface area contributed by atoms with Crippen LogP contribution in [0.3, 0.4) is 0 Å². The summed E-state index contributed by atoms with van der Waals surface area (Å²) in [4.78, 5) is 17.3. The highest BCUT2D eigenvalue weighted by Crippen LogP contribution is 2.23. The Labute approximate surface area is 159 Å². The molecule has 0 saturated carbocycles. The van der Waals surface area contributed by atoms with E-state index < -0.39 is 6.10 Å². The first-order valence-electron chi connectivity index (χ1n) is 9.10. The minimum absolute atomic E-state index is 0.117. The number of hydrogen-bond donors (Lipinski definition) is 3. The standard InChI is InChI=1S/C21H26N4O2/c1-13-9-14(2)20(15(3)10-13)24-19(27)12-25-18-8-6-5-7-17(18)23-21(25)22-11-16(4)26/h5-10,16,26H,11-12H2,1-4H3,(H,22,23)(H,24,27)/t16-/m0/s1. The predicted octanol–water partition coefficient (Wildman–Crippen LogP) is 3.39. The monoisotopic (exact) mass is 366 g/mol. The van der Waals surface area contributed by atoms with Crippen LogP contribution in [-0.4, -0.2) is 33.2 Å². The lowest BCUT2D eigenvalue weighted by Crippen LogP contribution is -2.23. The maximum absolute atomic E-state index is 12.8. The highest BCUT2D eigenvalue weighted by Gasteiger charge is 2.15. The van der Waals surface area contributed by atoms with Crippen LogP contribution < -0.4 is 10.6 Å². The molecule has 1 aromatic heterocycles. The summed E-state index contributed by atoms with van der Waals surface area (Å²) < 4.78 is 1.84. The molecule has 27 heavy (non-hydrogen) atoms. The molecule has 0 radical (unpaired) electrons. The summed E-state index contributed by atoms with van der Waals surface area (Å²) in [5.74, 6) is 0.456. The van der Waals surface area contributed by atoms with Crippen molar-refractivity contribution < 1.29 is 9.90 Å². The van der Waals surface area contributed by atoms with E-state index in [1.165, 1.54) is 5.56 Å². The van der Waals surface area contributed by atoms with Crippen molar-refractivity contribution in [2.24, 2.45) is 0 Å². The van der Waals surface area contributed by atoms with Crippen molar-refractivity contribution in [1.29, 1.82) is 0 Å². The molecule has 0 saturated heterocycles. The van der Waals surface area contributed by atoms with Crippen LogP contribution >= 0.6 is 0 Å². The van der Waals surface area contributed by atoms with Gasteiger partial charge in [0.05, 0.1) is 17.1 Å². The number of nitrogens with zero attached hydrogens (tertiary/aromatic N) is 2. The molecule has 0 aliphatic rings. The van der Waals surface area contributed by atoms with Gasteiger partial charge in [-0.15, -0.1) is 0 Å². The molecule has 3 rings (SSSR count). The maximum atomic E-state index is 12.8. The van der Waals surface area contributed by atoms with Crippen LogP contribution in [-0.2, 0) is 11.3 Å². The second-order valence-corrected chi connectivity index (χ2v) is 7.06. The van der Waals surface area contributed by atoms with E-state index in [1.54, 1.807) is 6.92 Å². The van der Waals surface area contributed by atoms with Gasteiger partial charge in [0.25, 0.3) is 0 Å². The van der Waals surface area contributed by atoms with E-state index in [1.807, 2.05) is 49.6 Å². The van der Waals surface area contributed by atoms with E-state index in [0.717, 1.165) is 27.8 Å². The van der Waals surface area contributed by atoms with Gasteiger partial charge in [0.1, 0.15) is 6.54 Å². The van der Waals surface area contributed by atoms with Gasteiger partial charge in [0, 0.05) is 12.2 Å². The molecule has 0 aliphatic heterocycles. The summed E-state index contributed by atoms with van der Waals surface area (Å²) in [6.45, 7) is 8.24. The number of amides is 1. The molecule has 1 heterocycles. The molecule has 6 heteroatoms. The van der Waals surface area contributed by atoms with Crippen molar-refractivity contribution in [1.82, 2.24) is 9.55 Å². The fourth-order valence-corrected chi connectivity index (χ4v) is 3.31. The molecule has 0 unspecified atom stereocenters. The molecule has 6 nitrogen and oxygen atoms in total. The summed E-state index contributed by atoms with van der Waals surface area (Å²) in [6, 6.07) is 11.8. The Morgan fingerprint density at radius 3 is 2.52 bits per heavy atom. The summed E-state index contributed by atoms with van der Waals surface area (Å²) in [5, 5.41) is 15.7. The summed E-state index contributed by atoms with van der Waals surface area (Å²) >= 11 is 0. The van der Waals surface area contributed by atoms with Gasteiger partial charge >= 0.3 is 0 Å². The average Bonchev–Trinajstić information content (AvgIpc) is 2.94. The van der Waals surface area contributed by atoms with Gasteiger partial charge in [0.15, 0.2) is 0 Å². The quantitative estimate of drug-likeness (QED) is 0.625. The van der Waals surface area contributed by atoms with Crippen molar-refractivity contribution in [2.45, 2.75) is 40.3 Å². The van der Waals surface area contributed by atoms with Crippen molar-refractivity contribution in [3.05, 3.63) is 53.1 Å². The average molecular weight is 366 g/mol. The molecule has 142 valence electrons. The summed E-state index contributed by atoms with van der Waals surface area (Å²) in [6.07, 6.45) is -0.509. The summed E-state index contributed by atoms with van der Waals surface area (Å²) in [7, 11) is 0. The number of benzene rings is 2. The minimum atomic E-state index is -0.509. The number of aryl methyl sites for hydroxylation is 3. The van der Waals surface area contributed by atoms with E-state index in [-0.39, 0.29) is 12.5 Å². The number of aromatic nitrogens is 2. The smallest absolute Gasteiger partial charge is 0.244 e. The molecule has 2 aromatic carbocycles. The molecular weight excluding hydrogens is 340 g/mol. The number of imidazole rings is 1. The number of hydrogen-bond acceptors (Lipinski definition) is 4. The predicted molar refractivity (Wildman–Crippen MR) is 109 cm³/mol. The Kier molecular flexibility index (Phi) is 5.46. The Morgan fingerprint density at radius 2 is 1.85 bits per heavy atom. The van der Waals surface area contributed by atoms with Crippen LogP contribution in [0.15, 0.2) is 36.4 Å². The molecule has 0 fully saturated rings. The van der Waals surface area contributed by atoms with Crippen LogP contribution in [0, 0.1) is 20.8 Å². The van der Waals surface area contributed by atoms with Crippen LogP contribution in [0.2, 0.25) is 0 Å². The zero-order chi connectivity index (χ0) is 19.6. The van der Waals surface area contributed by atoms with Crippen LogP contribution in [0.5, 0.6) is 0 Å². The number of para-hydroxylation sites is 2. The zero-order valence-electron chi connectivity index (χ0n) is 16.2. The number of rotatable bonds is 6. The van der Waals surface area contributed by atoms with Gasteiger partial charge < -0.3 is 20.3 Å². The highest BCUT2D eigenvalue weighted by atomic mass is 16.3. The normalized spacial score (nSPS) is 12.2. The van der Waals surface area contributed by atoms with E-state index in [9.17, 15) is 9.90 Å². The zero-order valence-corrected chi connectivity index (χ0v) is 16.2. The lowest BCUT2D eigenvalue weighted by atomic mass is 10.1. The number of carbonyl (C=O) groups is 1. The Hall–Kier alpha value is -2.86. The fraction of sp³-hybridized carbons (Fsp3) is 0.333. The third-order valence-electron chi connectivity index (χ3n) is 4.45. The van der Waals surface area contributed by atoms with Crippen LogP contribution in [0.25, 0.3) is 11.0 Å². The van der Waals surface area contributed by atoms with E-state index >= 15 is 0 Å². The molecule has 0 spiro atoms. The van der Waals surface area contributed by atoms with Gasteiger partial charge in [-0.2, -0.15) is 0 Å². The number of carbonyl (C=O) groups excluding carboxylic acids is 1. The van der Waals surface area contributed by atoms with Gasteiger partial charge in [-0.25, -0.2) is 4.98 Å². The van der Waals surface area contributed by atoms with Crippen LogP contribution in [0.1, 0.15) is 23.6 Å². The van der Waals surface area contributed by atoms with E-state index in [2.05, 4.69) is 27.8 Å². The second kappa shape index (κ2) is 7.80. The lowest BCUT2D eigenvalue weighted by molar-refractivity contribution is -0.116. The van der Waals surface area contributed by atoms with Gasteiger partial charge in [-0.05, 0) is 51.0 Å². The van der Waals surface area contributed by atoms with Crippen molar-refractivity contribution in [2.75, 3.05) is 17.2 Å². The fourth-order valence-electron chi connectivity index (χ4n) is 3.31. The molecule has 1 amide bonds. The third kappa shape index (κ3) is 4.28. The second-order valence-electron chi connectivity index (χ2n) is 7.06. The largest absolute Gasteiger partial charge is 0.392 e. The number of nitrogens with one attached hydrogen (secondary N) is 2. The van der Waals surface area contributed by atoms with E-state index in [4.69, 9.17) is 0 Å². The van der Waals surface area contributed by atoms with Crippen molar-refractivity contribution in [3.8, 4) is 0 Å². The highest BCUT2D eigenvalue weighted by molar-refractivity contribution is 5.93. The SMILES string of the molecule is Cc1cc(C)c(NC(=O)Cn2c(NC[C@H](C)O)nc3ccccc32)c(C)c1. The number of fused-ring (bicyclic) bond motifs is 1. The Morgan fingerprint density at radius 1 is 1.19 bits per heavy atom. The van der Waals surface area contributed by atoms with Crippen LogP contribution in [0.4, 0.5) is 11.6 Å². The molecule has 3 N–H and O–H groups in total. The lowest BCUT2D eigenvalue weighted by Gasteiger charge is -2.15. The van der Waals surface area contributed by atoms with Crippen molar-refractivity contribution in [3.63, 3.8) is 0 Å². The van der Waals surface area contributed by atoms with Gasteiger partial charge in [-0.1, -0.05) is 29.8 Å². The number of anilines is 2. The molecular formula is C21H26N4O2. The van der Waals surface area contributed by atoms with Gasteiger partial charge in [-0.3, -0.25) is 4.79 Å². The first-order chi connectivity index (χ1) is 12.8. The molecule has 0 aliphatic carbocycles. The van der Waals surface area contributed by atoms with E-state index in [0.29, 0.717) is 12.5 Å². The number of aliphatic hydroxyl groups is 1. The first kappa shape index (κ1) is 18.9.